The van der Waals surface area contributed by atoms with E-state index in [1.807, 2.05) is 42.5 Å². The Morgan fingerprint density at radius 1 is 1.10 bits per heavy atom. The molecule has 0 saturated heterocycles. The number of urea groups is 1. The molecule has 7 heteroatoms. The summed E-state index contributed by atoms with van der Waals surface area (Å²) in [5.74, 6) is 1.57. The highest BCUT2D eigenvalue weighted by atomic mass is 35.5. The van der Waals surface area contributed by atoms with E-state index in [9.17, 15) is 9.59 Å². The fraction of sp³-hybridized carbons (Fsp3) is 0.217. The minimum atomic E-state index is -0.181. The molecule has 0 bridgehead atoms. The Bertz CT molecular complexity index is 1090. The van der Waals surface area contributed by atoms with Gasteiger partial charge in [-0.25, -0.2) is 4.79 Å². The quantitative estimate of drug-likeness (QED) is 0.652. The maximum atomic E-state index is 12.9. The molecule has 0 aliphatic carbocycles. The van der Waals surface area contributed by atoms with E-state index in [2.05, 4.69) is 5.32 Å². The first-order chi connectivity index (χ1) is 14.4. The number of furan rings is 1. The summed E-state index contributed by atoms with van der Waals surface area (Å²) in [5, 5.41) is 3.27. The van der Waals surface area contributed by atoms with E-state index in [4.69, 9.17) is 16.0 Å². The predicted molar refractivity (Wildman–Crippen MR) is 117 cm³/mol. The number of carbonyl (C=O) groups excluding carboxylic acids is 2. The number of benzene rings is 2. The monoisotopic (exact) mass is 423 g/mol. The van der Waals surface area contributed by atoms with E-state index in [0.29, 0.717) is 35.8 Å². The number of fused-ring (bicyclic) bond motifs is 1. The predicted octanol–water partition coefficient (Wildman–Crippen LogP) is 4.89. The van der Waals surface area contributed by atoms with Gasteiger partial charge < -0.3 is 19.5 Å². The van der Waals surface area contributed by atoms with Crippen molar-refractivity contribution in [3.05, 3.63) is 76.5 Å². The molecule has 0 atom stereocenters. The van der Waals surface area contributed by atoms with Crippen molar-refractivity contribution in [2.24, 2.45) is 0 Å². The molecule has 6 nitrogen and oxygen atoms in total. The SMILES string of the molecule is CN(C)C(=O)Nc1ccc(-c2cc3c(o2)CCN(C(=O)c2ccccc2Cl)C3)cc1. The van der Waals surface area contributed by atoms with Gasteiger partial charge in [-0.15, -0.1) is 0 Å². The van der Waals surface area contributed by atoms with Gasteiger partial charge in [0, 0.05) is 50.4 Å². The summed E-state index contributed by atoms with van der Waals surface area (Å²) < 4.78 is 6.05. The number of carbonyl (C=O) groups is 2. The molecule has 2 aromatic carbocycles. The fourth-order valence-corrected chi connectivity index (χ4v) is 3.62. The average molecular weight is 424 g/mol. The highest BCUT2D eigenvalue weighted by Crippen LogP contribution is 2.31. The Morgan fingerprint density at radius 2 is 1.83 bits per heavy atom. The average Bonchev–Trinajstić information content (AvgIpc) is 3.17. The van der Waals surface area contributed by atoms with Gasteiger partial charge in [0.05, 0.1) is 10.6 Å². The van der Waals surface area contributed by atoms with Crippen LogP contribution in [0.5, 0.6) is 0 Å². The summed E-state index contributed by atoms with van der Waals surface area (Å²) in [5.41, 5.74) is 3.14. The van der Waals surface area contributed by atoms with Crippen LogP contribution in [0, 0.1) is 0 Å². The van der Waals surface area contributed by atoms with E-state index in [1.165, 1.54) is 4.90 Å². The van der Waals surface area contributed by atoms with E-state index >= 15 is 0 Å². The highest BCUT2D eigenvalue weighted by Gasteiger charge is 2.26. The first kappa shape index (κ1) is 20.0. The second kappa shape index (κ2) is 8.24. The minimum absolute atomic E-state index is 0.0741. The Balaban J connectivity index is 1.49. The number of halogens is 1. The van der Waals surface area contributed by atoms with E-state index < -0.39 is 0 Å². The number of nitrogens with zero attached hydrogens (tertiary/aromatic N) is 2. The van der Waals surface area contributed by atoms with Gasteiger partial charge in [0.15, 0.2) is 0 Å². The van der Waals surface area contributed by atoms with Crippen LogP contribution in [0.15, 0.2) is 59.0 Å². The van der Waals surface area contributed by atoms with Gasteiger partial charge >= 0.3 is 6.03 Å². The van der Waals surface area contributed by atoms with Crippen LogP contribution < -0.4 is 5.32 Å². The molecule has 0 spiro atoms. The lowest BCUT2D eigenvalue weighted by atomic mass is 10.1. The second-order valence-electron chi connectivity index (χ2n) is 7.42. The van der Waals surface area contributed by atoms with Crippen molar-refractivity contribution in [3.63, 3.8) is 0 Å². The molecule has 30 heavy (non-hydrogen) atoms. The fourth-order valence-electron chi connectivity index (χ4n) is 3.41. The van der Waals surface area contributed by atoms with Crippen LogP contribution in [-0.2, 0) is 13.0 Å². The second-order valence-corrected chi connectivity index (χ2v) is 7.82. The molecule has 1 aromatic heterocycles. The lowest BCUT2D eigenvalue weighted by Gasteiger charge is -2.26. The molecular weight excluding hydrogens is 402 g/mol. The largest absolute Gasteiger partial charge is 0.461 e. The third-order valence-corrected chi connectivity index (χ3v) is 5.41. The van der Waals surface area contributed by atoms with E-state index in [0.717, 1.165) is 22.6 Å². The third kappa shape index (κ3) is 4.04. The smallest absolute Gasteiger partial charge is 0.321 e. The van der Waals surface area contributed by atoms with Gasteiger partial charge in [-0.05, 0) is 42.5 Å². The summed E-state index contributed by atoms with van der Waals surface area (Å²) >= 11 is 6.19. The molecule has 2 heterocycles. The van der Waals surface area contributed by atoms with Crippen molar-refractivity contribution < 1.29 is 14.0 Å². The molecule has 154 valence electrons. The van der Waals surface area contributed by atoms with Crippen LogP contribution in [-0.4, -0.2) is 42.4 Å². The first-order valence-corrected chi connectivity index (χ1v) is 10.0. The number of rotatable bonds is 3. The number of nitrogens with one attached hydrogen (secondary N) is 1. The van der Waals surface area contributed by atoms with Crippen LogP contribution in [0.1, 0.15) is 21.7 Å². The van der Waals surface area contributed by atoms with Gasteiger partial charge in [-0.3, -0.25) is 4.79 Å². The number of amides is 3. The molecule has 0 fully saturated rings. The van der Waals surface area contributed by atoms with Crippen molar-refractivity contribution in [3.8, 4) is 11.3 Å². The Hall–Kier alpha value is -3.25. The van der Waals surface area contributed by atoms with Crippen LogP contribution in [0.4, 0.5) is 10.5 Å². The number of anilines is 1. The van der Waals surface area contributed by atoms with Gasteiger partial charge in [0.25, 0.3) is 5.91 Å². The topological polar surface area (TPSA) is 65.8 Å². The molecule has 0 unspecified atom stereocenters. The van der Waals surface area contributed by atoms with E-state index in [1.54, 1.807) is 31.1 Å². The van der Waals surface area contributed by atoms with Crippen LogP contribution >= 0.6 is 11.6 Å². The van der Waals surface area contributed by atoms with E-state index in [-0.39, 0.29) is 11.9 Å². The molecule has 4 rings (SSSR count). The highest BCUT2D eigenvalue weighted by molar-refractivity contribution is 6.33. The van der Waals surface area contributed by atoms with Crippen molar-refractivity contribution in [1.82, 2.24) is 9.80 Å². The van der Waals surface area contributed by atoms with Crippen LogP contribution in [0.3, 0.4) is 0 Å². The minimum Gasteiger partial charge on any atom is -0.461 e. The zero-order chi connectivity index (χ0) is 21.3. The lowest BCUT2D eigenvalue weighted by Crippen LogP contribution is -2.35. The Morgan fingerprint density at radius 3 is 2.53 bits per heavy atom. The molecule has 3 aromatic rings. The zero-order valence-corrected chi connectivity index (χ0v) is 17.6. The first-order valence-electron chi connectivity index (χ1n) is 9.66. The molecule has 3 amide bonds. The Kier molecular flexibility index (Phi) is 5.50. The van der Waals surface area contributed by atoms with Crippen molar-refractivity contribution >= 4 is 29.2 Å². The summed E-state index contributed by atoms with van der Waals surface area (Å²) in [6.45, 7) is 1.07. The molecule has 1 N–H and O–H groups in total. The van der Waals surface area contributed by atoms with Crippen LogP contribution in [0.25, 0.3) is 11.3 Å². The number of hydrogen-bond donors (Lipinski definition) is 1. The Labute approximate surface area is 180 Å². The van der Waals surface area contributed by atoms with Gasteiger partial charge in [-0.2, -0.15) is 0 Å². The molecule has 0 saturated carbocycles. The molecule has 1 aliphatic heterocycles. The normalized spacial score (nSPS) is 13.0. The zero-order valence-electron chi connectivity index (χ0n) is 16.8. The van der Waals surface area contributed by atoms with Crippen molar-refractivity contribution in [2.45, 2.75) is 13.0 Å². The molecular formula is C23H22ClN3O3. The standard InChI is InChI=1S/C23H22ClN3O3/c1-26(2)23(29)25-17-9-7-15(8-10-17)21-13-16-14-27(12-11-20(16)30-21)22(28)18-5-3-4-6-19(18)24/h3-10,13H,11-12,14H2,1-2H3,(H,25,29). The maximum Gasteiger partial charge on any atom is 0.321 e. The summed E-state index contributed by atoms with van der Waals surface area (Å²) in [6, 6.07) is 16.4. The molecule has 1 aliphatic rings. The maximum absolute atomic E-state index is 12.9. The summed E-state index contributed by atoms with van der Waals surface area (Å²) in [6.07, 6.45) is 0.655. The third-order valence-electron chi connectivity index (χ3n) is 5.08. The van der Waals surface area contributed by atoms with Gasteiger partial charge in [0.2, 0.25) is 0 Å². The van der Waals surface area contributed by atoms with Gasteiger partial charge in [0.1, 0.15) is 11.5 Å². The van der Waals surface area contributed by atoms with Crippen molar-refractivity contribution in [2.75, 3.05) is 26.0 Å². The number of hydrogen-bond acceptors (Lipinski definition) is 3. The summed E-state index contributed by atoms with van der Waals surface area (Å²) in [4.78, 5) is 27.9. The van der Waals surface area contributed by atoms with Crippen molar-refractivity contribution in [1.29, 1.82) is 0 Å². The summed E-state index contributed by atoms with van der Waals surface area (Å²) in [7, 11) is 3.38. The van der Waals surface area contributed by atoms with Gasteiger partial charge in [-0.1, -0.05) is 23.7 Å². The van der Waals surface area contributed by atoms with Crippen LogP contribution in [0.2, 0.25) is 5.02 Å². The lowest BCUT2D eigenvalue weighted by molar-refractivity contribution is 0.0730. The molecule has 0 radical (unpaired) electrons.